The maximum absolute atomic E-state index is 12.1. The molecule has 1 unspecified atom stereocenters. The molecule has 6 heteroatoms. The van der Waals surface area contributed by atoms with E-state index in [0.717, 1.165) is 12.8 Å². The normalized spacial score (nSPS) is 17.7. The summed E-state index contributed by atoms with van der Waals surface area (Å²) >= 11 is 5.85. The molecule has 1 saturated carbocycles. The SMILES string of the molecule is O=S(=O)(CC(O)CNC1CC1)c1ccccc1Cl. The first-order valence-corrected chi connectivity index (χ1v) is 7.91. The molecule has 2 N–H and O–H groups in total. The summed E-state index contributed by atoms with van der Waals surface area (Å²) in [4.78, 5) is 0.0807. The number of hydrogen-bond acceptors (Lipinski definition) is 4. The third-order valence-electron chi connectivity index (χ3n) is 2.80. The first-order valence-electron chi connectivity index (χ1n) is 5.88. The highest BCUT2D eigenvalue weighted by Crippen LogP contribution is 2.22. The van der Waals surface area contributed by atoms with Crippen LogP contribution < -0.4 is 5.32 Å². The van der Waals surface area contributed by atoms with E-state index in [4.69, 9.17) is 11.6 Å². The molecule has 0 aromatic heterocycles. The van der Waals surface area contributed by atoms with E-state index < -0.39 is 15.9 Å². The van der Waals surface area contributed by atoms with Gasteiger partial charge in [0.1, 0.15) is 0 Å². The molecule has 0 bridgehead atoms. The van der Waals surface area contributed by atoms with Crippen molar-refractivity contribution in [3.63, 3.8) is 0 Å². The fourth-order valence-electron chi connectivity index (χ4n) is 1.69. The van der Waals surface area contributed by atoms with Crippen molar-refractivity contribution in [1.82, 2.24) is 5.32 Å². The highest BCUT2D eigenvalue weighted by Gasteiger charge is 2.25. The summed E-state index contributed by atoms with van der Waals surface area (Å²) in [5.74, 6) is -0.309. The van der Waals surface area contributed by atoms with Crippen LogP contribution in [0.4, 0.5) is 0 Å². The van der Waals surface area contributed by atoms with E-state index in [1.54, 1.807) is 12.1 Å². The predicted octanol–water partition coefficient (Wildman–Crippen LogP) is 1.23. The van der Waals surface area contributed by atoms with Crippen molar-refractivity contribution >= 4 is 21.4 Å². The molecular formula is C12H16ClNO3S. The van der Waals surface area contributed by atoms with Crippen LogP contribution in [0.2, 0.25) is 5.02 Å². The van der Waals surface area contributed by atoms with Crippen LogP contribution in [0, 0.1) is 0 Å². The summed E-state index contributed by atoms with van der Waals surface area (Å²) in [6, 6.07) is 6.73. The minimum absolute atomic E-state index is 0.0807. The monoisotopic (exact) mass is 289 g/mol. The first kappa shape index (κ1) is 13.8. The lowest BCUT2D eigenvalue weighted by molar-refractivity contribution is 0.193. The van der Waals surface area contributed by atoms with Crippen LogP contribution in [-0.4, -0.2) is 38.0 Å². The molecule has 1 aliphatic carbocycles. The molecule has 1 aromatic carbocycles. The Bertz CT molecular complexity index is 514. The average Bonchev–Trinajstić information content (AvgIpc) is 3.10. The molecule has 18 heavy (non-hydrogen) atoms. The van der Waals surface area contributed by atoms with Gasteiger partial charge < -0.3 is 10.4 Å². The molecular weight excluding hydrogens is 274 g/mol. The Morgan fingerprint density at radius 2 is 2.06 bits per heavy atom. The molecule has 1 fully saturated rings. The van der Waals surface area contributed by atoms with Crippen LogP contribution in [0.25, 0.3) is 0 Å². The van der Waals surface area contributed by atoms with Gasteiger partial charge in [-0.05, 0) is 25.0 Å². The minimum atomic E-state index is -3.54. The van der Waals surface area contributed by atoms with E-state index in [0.29, 0.717) is 12.6 Å². The zero-order chi connectivity index (χ0) is 13.2. The molecule has 1 aliphatic rings. The van der Waals surface area contributed by atoms with Gasteiger partial charge >= 0.3 is 0 Å². The van der Waals surface area contributed by atoms with Crippen LogP contribution >= 0.6 is 11.6 Å². The Balaban J connectivity index is 1.99. The van der Waals surface area contributed by atoms with Crippen molar-refractivity contribution in [2.75, 3.05) is 12.3 Å². The van der Waals surface area contributed by atoms with E-state index in [9.17, 15) is 13.5 Å². The summed E-state index contributed by atoms with van der Waals surface area (Å²) in [6.07, 6.45) is 1.29. The highest BCUT2D eigenvalue weighted by atomic mass is 35.5. The van der Waals surface area contributed by atoms with Gasteiger partial charge in [-0.25, -0.2) is 8.42 Å². The number of nitrogens with one attached hydrogen (secondary N) is 1. The predicted molar refractivity (Wildman–Crippen MR) is 70.5 cm³/mol. The van der Waals surface area contributed by atoms with Gasteiger partial charge in [-0.1, -0.05) is 23.7 Å². The van der Waals surface area contributed by atoms with Gasteiger partial charge in [0.15, 0.2) is 9.84 Å². The second-order valence-electron chi connectivity index (χ2n) is 4.55. The van der Waals surface area contributed by atoms with Gasteiger partial charge in [-0.15, -0.1) is 0 Å². The third-order valence-corrected chi connectivity index (χ3v) is 5.09. The molecule has 2 rings (SSSR count). The second-order valence-corrected chi connectivity index (χ2v) is 6.96. The summed E-state index contributed by atoms with van der Waals surface area (Å²) in [7, 11) is -3.54. The molecule has 1 aromatic rings. The smallest absolute Gasteiger partial charge is 0.182 e. The Morgan fingerprint density at radius 1 is 1.39 bits per heavy atom. The topological polar surface area (TPSA) is 66.4 Å². The standard InChI is InChI=1S/C12H16ClNO3S/c13-11-3-1-2-4-12(11)18(16,17)8-10(15)7-14-9-5-6-9/h1-4,9-10,14-15H,5-8H2. The van der Waals surface area contributed by atoms with Crippen LogP contribution in [0.3, 0.4) is 0 Å². The molecule has 0 aliphatic heterocycles. The summed E-state index contributed by atoms with van der Waals surface area (Å²) < 4.78 is 24.1. The van der Waals surface area contributed by atoms with Crippen LogP contribution in [0.5, 0.6) is 0 Å². The largest absolute Gasteiger partial charge is 0.391 e. The van der Waals surface area contributed by atoms with E-state index in [1.807, 2.05) is 0 Å². The van der Waals surface area contributed by atoms with Crippen molar-refractivity contribution in [2.45, 2.75) is 29.9 Å². The molecule has 0 saturated heterocycles. The quantitative estimate of drug-likeness (QED) is 0.826. The van der Waals surface area contributed by atoms with E-state index in [-0.39, 0.29) is 15.7 Å². The lowest BCUT2D eigenvalue weighted by Crippen LogP contribution is -2.33. The highest BCUT2D eigenvalue weighted by molar-refractivity contribution is 7.91. The fraction of sp³-hybridized carbons (Fsp3) is 0.500. The molecule has 0 radical (unpaired) electrons. The summed E-state index contributed by atoms with van der Waals surface area (Å²) in [6.45, 7) is 0.300. The van der Waals surface area contributed by atoms with Gasteiger partial charge in [0.25, 0.3) is 0 Å². The zero-order valence-electron chi connectivity index (χ0n) is 9.84. The van der Waals surface area contributed by atoms with Crippen molar-refractivity contribution in [1.29, 1.82) is 0 Å². The van der Waals surface area contributed by atoms with Gasteiger partial charge in [-0.3, -0.25) is 0 Å². The van der Waals surface area contributed by atoms with Crippen molar-refractivity contribution in [2.24, 2.45) is 0 Å². The molecule has 0 spiro atoms. The van der Waals surface area contributed by atoms with E-state index in [1.165, 1.54) is 12.1 Å². The van der Waals surface area contributed by atoms with Crippen LogP contribution in [-0.2, 0) is 9.84 Å². The maximum Gasteiger partial charge on any atom is 0.182 e. The summed E-state index contributed by atoms with van der Waals surface area (Å²) in [5.41, 5.74) is 0. The number of hydrogen-bond donors (Lipinski definition) is 2. The first-order chi connectivity index (χ1) is 8.49. The van der Waals surface area contributed by atoms with Crippen molar-refractivity contribution in [3.05, 3.63) is 29.3 Å². The van der Waals surface area contributed by atoms with Gasteiger partial charge in [0, 0.05) is 12.6 Å². The van der Waals surface area contributed by atoms with Crippen LogP contribution in [0.1, 0.15) is 12.8 Å². The van der Waals surface area contributed by atoms with Crippen molar-refractivity contribution in [3.8, 4) is 0 Å². The number of sulfone groups is 1. The number of halogens is 1. The van der Waals surface area contributed by atoms with Gasteiger partial charge in [-0.2, -0.15) is 0 Å². The summed E-state index contributed by atoms with van der Waals surface area (Å²) in [5, 5.41) is 13.0. The van der Waals surface area contributed by atoms with Gasteiger partial charge in [0.2, 0.25) is 0 Å². The molecule has 0 heterocycles. The lowest BCUT2D eigenvalue weighted by atomic mass is 10.4. The van der Waals surface area contributed by atoms with E-state index >= 15 is 0 Å². The average molecular weight is 290 g/mol. The van der Waals surface area contributed by atoms with Gasteiger partial charge in [0.05, 0.1) is 21.8 Å². The number of aliphatic hydroxyl groups is 1. The Morgan fingerprint density at radius 3 is 2.67 bits per heavy atom. The number of benzene rings is 1. The Labute approximate surface area is 112 Å². The van der Waals surface area contributed by atoms with Crippen LogP contribution in [0.15, 0.2) is 29.2 Å². The third kappa shape index (κ3) is 3.68. The second kappa shape index (κ2) is 5.57. The molecule has 0 amide bonds. The maximum atomic E-state index is 12.1. The zero-order valence-corrected chi connectivity index (χ0v) is 11.4. The Hall–Kier alpha value is -0.620. The molecule has 1 atom stereocenters. The van der Waals surface area contributed by atoms with Crippen molar-refractivity contribution < 1.29 is 13.5 Å². The molecule has 4 nitrogen and oxygen atoms in total. The minimum Gasteiger partial charge on any atom is -0.391 e. The Kier molecular flexibility index (Phi) is 4.27. The molecule has 100 valence electrons. The van der Waals surface area contributed by atoms with E-state index in [2.05, 4.69) is 5.32 Å². The lowest BCUT2D eigenvalue weighted by Gasteiger charge is -2.12. The number of rotatable bonds is 6. The fourth-order valence-corrected chi connectivity index (χ4v) is 3.63. The number of aliphatic hydroxyl groups excluding tert-OH is 1.